The van der Waals surface area contributed by atoms with Gasteiger partial charge in [0, 0.05) is 6.54 Å². The maximum Gasteiger partial charge on any atom is 0.290 e. The van der Waals surface area contributed by atoms with Gasteiger partial charge in [-0.25, -0.2) is 0 Å². The Morgan fingerprint density at radius 3 is 2.26 bits per heavy atom. The lowest BCUT2D eigenvalue weighted by molar-refractivity contribution is 0.0730. The molecule has 0 spiro atoms. The zero-order valence-corrected chi connectivity index (χ0v) is 22.8. The highest BCUT2D eigenvalue weighted by Crippen LogP contribution is 2.39. The molecule has 38 heavy (non-hydrogen) atoms. The number of carbonyl (C=O) groups excluding carboxylic acids is 1. The third-order valence-corrected chi connectivity index (χ3v) is 7.30. The Morgan fingerprint density at radius 2 is 1.61 bits per heavy atom. The molecule has 0 fully saturated rings. The number of ether oxygens (including phenoxy) is 2. The van der Waals surface area contributed by atoms with Crippen molar-refractivity contribution in [1.29, 1.82) is 0 Å². The molecular formula is C32H33NO5. The summed E-state index contributed by atoms with van der Waals surface area (Å²) in [7, 11) is 3.20. The summed E-state index contributed by atoms with van der Waals surface area (Å²) in [5.41, 5.74) is 4.69. The van der Waals surface area contributed by atoms with E-state index >= 15 is 0 Å². The van der Waals surface area contributed by atoms with Gasteiger partial charge in [0.2, 0.25) is 5.76 Å². The van der Waals surface area contributed by atoms with E-state index in [0.717, 1.165) is 16.7 Å². The average Bonchev–Trinajstić information content (AvgIpc) is 3.18. The molecule has 6 nitrogen and oxygen atoms in total. The molecule has 196 valence electrons. The van der Waals surface area contributed by atoms with Crippen LogP contribution in [0.3, 0.4) is 0 Å². The van der Waals surface area contributed by atoms with Gasteiger partial charge in [-0.3, -0.25) is 9.59 Å². The molecule has 2 heterocycles. The summed E-state index contributed by atoms with van der Waals surface area (Å²) in [5, 5.41) is 0.495. The van der Waals surface area contributed by atoms with Crippen LogP contribution in [0.5, 0.6) is 11.5 Å². The van der Waals surface area contributed by atoms with Crippen molar-refractivity contribution in [2.24, 2.45) is 0 Å². The highest BCUT2D eigenvalue weighted by molar-refractivity contribution is 5.99. The zero-order valence-electron chi connectivity index (χ0n) is 22.8. The van der Waals surface area contributed by atoms with Crippen molar-refractivity contribution in [3.63, 3.8) is 0 Å². The molecule has 0 N–H and O–H groups in total. The molecule has 1 aromatic heterocycles. The van der Waals surface area contributed by atoms with E-state index < -0.39 is 6.04 Å². The Kier molecular flexibility index (Phi) is 6.51. The minimum absolute atomic E-state index is 0.0121. The van der Waals surface area contributed by atoms with Crippen molar-refractivity contribution in [1.82, 2.24) is 4.90 Å². The summed E-state index contributed by atoms with van der Waals surface area (Å²) in [6.45, 7) is 8.83. The van der Waals surface area contributed by atoms with Crippen LogP contribution in [0, 0.1) is 6.92 Å². The lowest BCUT2D eigenvalue weighted by Gasteiger charge is -2.26. The third-order valence-electron chi connectivity index (χ3n) is 7.30. The van der Waals surface area contributed by atoms with Crippen molar-refractivity contribution in [3.05, 3.63) is 104 Å². The van der Waals surface area contributed by atoms with Crippen LogP contribution in [0.15, 0.2) is 69.9 Å². The van der Waals surface area contributed by atoms with Crippen molar-refractivity contribution in [2.45, 2.75) is 45.6 Å². The normalized spacial score (nSPS) is 15.2. The topological polar surface area (TPSA) is 69.0 Å². The second kappa shape index (κ2) is 9.67. The molecule has 1 atom stereocenters. The van der Waals surface area contributed by atoms with Gasteiger partial charge in [0.15, 0.2) is 16.9 Å². The maximum absolute atomic E-state index is 13.8. The number of carbonyl (C=O) groups is 1. The monoisotopic (exact) mass is 511 g/mol. The summed E-state index contributed by atoms with van der Waals surface area (Å²) in [6, 6.07) is 18.9. The van der Waals surface area contributed by atoms with Crippen molar-refractivity contribution in [2.75, 3.05) is 20.8 Å². The van der Waals surface area contributed by atoms with Crippen LogP contribution in [-0.4, -0.2) is 31.6 Å². The Labute approximate surface area is 222 Å². The number of aryl methyl sites for hydroxylation is 1. The van der Waals surface area contributed by atoms with Crippen LogP contribution in [0.1, 0.15) is 65.2 Å². The fourth-order valence-electron chi connectivity index (χ4n) is 5.16. The summed E-state index contributed by atoms with van der Waals surface area (Å²) in [6.07, 6.45) is 0.573. The molecule has 1 amide bonds. The molecule has 5 rings (SSSR count). The minimum atomic E-state index is -0.534. The minimum Gasteiger partial charge on any atom is -0.493 e. The molecule has 4 aromatic rings. The molecule has 0 saturated carbocycles. The van der Waals surface area contributed by atoms with Crippen molar-refractivity contribution in [3.8, 4) is 11.5 Å². The van der Waals surface area contributed by atoms with Gasteiger partial charge in [-0.15, -0.1) is 0 Å². The van der Waals surface area contributed by atoms with E-state index in [1.165, 1.54) is 5.56 Å². The van der Waals surface area contributed by atoms with Crippen LogP contribution < -0.4 is 14.9 Å². The molecule has 3 aromatic carbocycles. The average molecular weight is 512 g/mol. The Morgan fingerprint density at radius 1 is 0.895 bits per heavy atom. The predicted octanol–water partition coefficient (Wildman–Crippen LogP) is 6.20. The van der Waals surface area contributed by atoms with Crippen LogP contribution in [-0.2, 0) is 11.8 Å². The number of fused-ring (bicyclic) bond motifs is 2. The first-order valence-electron chi connectivity index (χ1n) is 12.8. The van der Waals surface area contributed by atoms with E-state index in [0.29, 0.717) is 41.0 Å². The van der Waals surface area contributed by atoms with Crippen LogP contribution in [0.25, 0.3) is 11.0 Å². The van der Waals surface area contributed by atoms with Gasteiger partial charge in [0.05, 0.1) is 31.2 Å². The summed E-state index contributed by atoms with van der Waals surface area (Å²) in [4.78, 5) is 29.3. The number of amides is 1. The van der Waals surface area contributed by atoms with E-state index in [1.807, 2.05) is 49.4 Å². The Bertz CT molecular complexity index is 1580. The number of hydrogen-bond acceptors (Lipinski definition) is 5. The second-order valence-corrected chi connectivity index (χ2v) is 10.9. The quantitative estimate of drug-likeness (QED) is 0.308. The second-order valence-electron chi connectivity index (χ2n) is 10.9. The number of rotatable bonds is 6. The summed E-state index contributed by atoms with van der Waals surface area (Å²) >= 11 is 0. The molecule has 0 bridgehead atoms. The zero-order chi connectivity index (χ0) is 27.2. The summed E-state index contributed by atoms with van der Waals surface area (Å²) in [5.74, 6) is 1.14. The standard InChI is InChI=1S/C32H33NO5/c1-19-7-13-24-23(17-19)29(34)27-28(21-9-11-22(12-10-21)32(2,3)4)33(31(35)30(27)38-24)16-15-20-8-14-25(36-5)26(18-20)37-6/h7-14,17-18,28H,15-16H2,1-6H3. The predicted molar refractivity (Wildman–Crippen MR) is 148 cm³/mol. The number of hydrogen-bond donors (Lipinski definition) is 0. The molecule has 0 saturated heterocycles. The van der Waals surface area contributed by atoms with Gasteiger partial charge in [-0.1, -0.05) is 62.7 Å². The highest BCUT2D eigenvalue weighted by Gasteiger charge is 2.42. The van der Waals surface area contributed by atoms with Crippen LogP contribution >= 0.6 is 0 Å². The van der Waals surface area contributed by atoms with Crippen molar-refractivity contribution >= 4 is 16.9 Å². The van der Waals surface area contributed by atoms with Gasteiger partial charge in [-0.05, 0) is 59.7 Å². The van der Waals surface area contributed by atoms with E-state index in [9.17, 15) is 9.59 Å². The van der Waals surface area contributed by atoms with Crippen LogP contribution in [0.2, 0.25) is 0 Å². The van der Waals surface area contributed by atoms with E-state index in [-0.39, 0.29) is 22.5 Å². The molecule has 1 aliphatic rings. The third kappa shape index (κ3) is 4.44. The fraction of sp³-hybridized carbons (Fsp3) is 0.312. The lowest BCUT2D eigenvalue weighted by Crippen LogP contribution is -2.31. The molecule has 0 aliphatic carbocycles. The first-order valence-corrected chi connectivity index (χ1v) is 12.8. The number of methoxy groups -OCH3 is 2. The molecule has 6 heteroatoms. The SMILES string of the molecule is COc1ccc(CCN2C(=O)c3oc4ccc(C)cc4c(=O)c3C2c2ccc(C(C)(C)C)cc2)cc1OC. The van der Waals surface area contributed by atoms with E-state index in [4.69, 9.17) is 13.9 Å². The maximum atomic E-state index is 13.8. The molecule has 1 unspecified atom stereocenters. The first kappa shape index (κ1) is 25.6. The van der Waals surface area contributed by atoms with E-state index in [2.05, 4.69) is 32.9 Å². The molecule has 0 radical (unpaired) electrons. The Hall–Kier alpha value is -4.06. The first-order chi connectivity index (χ1) is 18.1. The van der Waals surface area contributed by atoms with Crippen LogP contribution in [0.4, 0.5) is 0 Å². The van der Waals surface area contributed by atoms with Gasteiger partial charge >= 0.3 is 0 Å². The largest absolute Gasteiger partial charge is 0.493 e. The summed E-state index contributed by atoms with van der Waals surface area (Å²) < 4.78 is 16.9. The number of nitrogens with zero attached hydrogens (tertiary/aromatic N) is 1. The van der Waals surface area contributed by atoms with Gasteiger partial charge in [0.25, 0.3) is 5.91 Å². The molecule has 1 aliphatic heterocycles. The highest BCUT2D eigenvalue weighted by atomic mass is 16.5. The smallest absolute Gasteiger partial charge is 0.290 e. The van der Waals surface area contributed by atoms with E-state index in [1.54, 1.807) is 25.2 Å². The molecular weight excluding hydrogens is 478 g/mol. The van der Waals surface area contributed by atoms with Crippen molar-refractivity contribution < 1.29 is 18.7 Å². The number of benzene rings is 3. The Balaban J connectivity index is 1.59. The fourth-order valence-corrected chi connectivity index (χ4v) is 5.16. The lowest BCUT2D eigenvalue weighted by atomic mass is 9.86. The van der Waals surface area contributed by atoms with Gasteiger partial charge in [0.1, 0.15) is 5.58 Å². The van der Waals surface area contributed by atoms with Gasteiger partial charge < -0.3 is 18.8 Å². The van der Waals surface area contributed by atoms with Gasteiger partial charge in [-0.2, -0.15) is 0 Å².